The van der Waals surface area contributed by atoms with Crippen molar-refractivity contribution in [3.63, 3.8) is 0 Å². The summed E-state index contributed by atoms with van der Waals surface area (Å²) in [6.45, 7) is 3.50. The molecule has 2 fully saturated rings. The quantitative estimate of drug-likeness (QED) is 0.787. The van der Waals surface area contributed by atoms with Crippen LogP contribution in [0.4, 0.5) is 5.69 Å². The van der Waals surface area contributed by atoms with Gasteiger partial charge < -0.3 is 20.9 Å². The third-order valence-electron chi connectivity index (χ3n) is 5.24. The first-order valence-electron chi connectivity index (χ1n) is 9.05. The van der Waals surface area contributed by atoms with E-state index in [4.69, 9.17) is 5.73 Å². The maximum Gasteiger partial charge on any atom is 0.244 e. The molecule has 2 amide bonds. The number of rotatable bonds is 5. The van der Waals surface area contributed by atoms with Crippen LogP contribution in [0.3, 0.4) is 0 Å². The van der Waals surface area contributed by atoms with Gasteiger partial charge >= 0.3 is 0 Å². The number of amides is 2. The Balaban J connectivity index is 1.47. The van der Waals surface area contributed by atoms with Gasteiger partial charge in [-0.3, -0.25) is 14.3 Å². The Morgan fingerprint density at radius 2 is 2.04 bits per heavy atom. The van der Waals surface area contributed by atoms with Crippen LogP contribution in [0.5, 0.6) is 0 Å². The molecule has 1 saturated carbocycles. The molecular formula is C17H28N6O2. The summed E-state index contributed by atoms with van der Waals surface area (Å²) in [5.74, 6) is 0.298. The lowest BCUT2D eigenvalue weighted by molar-refractivity contribution is -0.133. The molecule has 1 aromatic heterocycles. The standard InChI is InChI=1S/C17H28N6O2/c1-21-5-7-22(8-6-21)17(25)12-23-11-14(10-19-23)20-16(24)9-13-3-2-4-15(13)18/h10-11,13,15H,2-9,12,18H2,1H3,(H,20,24)/t13-,15+/m0/s1. The first kappa shape index (κ1) is 17.9. The number of carbonyl (C=O) groups excluding carboxylic acids is 2. The van der Waals surface area contributed by atoms with Gasteiger partial charge in [-0.2, -0.15) is 5.10 Å². The van der Waals surface area contributed by atoms with E-state index in [1.807, 2.05) is 4.90 Å². The van der Waals surface area contributed by atoms with Crippen molar-refractivity contribution in [2.24, 2.45) is 11.7 Å². The van der Waals surface area contributed by atoms with E-state index in [0.717, 1.165) is 45.4 Å². The Morgan fingerprint density at radius 3 is 2.72 bits per heavy atom. The number of aromatic nitrogens is 2. The third-order valence-corrected chi connectivity index (χ3v) is 5.24. The van der Waals surface area contributed by atoms with Crippen LogP contribution in [0.2, 0.25) is 0 Å². The first-order chi connectivity index (χ1) is 12.0. The van der Waals surface area contributed by atoms with Crippen LogP contribution in [0.1, 0.15) is 25.7 Å². The van der Waals surface area contributed by atoms with Gasteiger partial charge in [0.25, 0.3) is 0 Å². The maximum atomic E-state index is 12.3. The van der Waals surface area contributed by atoms with Gasteiger partial charge in [-0.25, -0.2) is 0 Å². The molecule has 0 radical (unpaired) electrons. The fourth-order valence-corrected chi connectivity index (χ4v) is 3.58. The zero-order valence-corrected chi connectivity index (χ0v) is 14.9. The van der Waals surface area contributed by atoms with E-state index in [2.05, 4.69) is 22.4 Å². The second-order valence-electron chi connectivity index (χ2n) is 7.22. The number of nitrogens with one attached hydrogen (secondary N) is 1. The summed E-state index contributed by atoms with van der Waals surface area (Å²) in [5, 5.41) is 7.04. The van der Waals surface area contributed by atoms with Crippen LogP contribution in [-0.2, 0) is 16.1 Å². The highest BCUT2D eigenvalue weighted by molar-refractivity contribution is 5.90. The smallest absolute Gasteiger partial charge is 0.244 e. The van der Waals surface area contributed by atoms with Crippen LogP contribution < -0.4 is 11.1 Å². The summed E-state index contributed by atoms with van der Waals surface area (Å²) in [6.07, 6.45) is 6.87. The van der Waals surface area contributed by atoms with E-state index in [9.17, 15) is 9.59 Å². The number of carbonyl (C=O) groups is 2. The van der Waals surface area contributed by atoms with Crippen molar-refractivity contribution >= 4 is 17.5 Å². The number of hydrogen-bond acceptors (Lipinski definition) is 5. The molecule has 0 aromatic carbocycles. The lowest BCUT2D eigenvalue weighted by Gasteiger charge is -2.32. The number of nitrogens with two attached hydrogens (primary N) is 1. The average Bonchev–Trinajstić information content (AvgIpc) is 3.17. The van der Waals surface area contributed by atoms with E-state index in [0.29, 0.717) is 12.1 Å². The lowest BCUT2D eigenvalue weighted by Crippen LogP contribution is -2.48. The van der Waals surface area contributed by atoms with Crippen molar-refractivity contribution in [1.29, 1.82) is 0 Å². The molecule has 8 heteroatoms. The first-order valence-corrected chi connectivity index (χ1v) is 9.05. The van der Waals surface area contributed by atoms with E-state index in [1.54, 1.807) is 17.1 Å². The molecule has 1 aliphatic heterocycles. The number of hydrogen-bond donors (Lipinski definition) is 2. The monoisotopic (exact) mass is 348 g/mol. The van der Waals surface area contributed by atoms with Gasteiger partial charge in [0.05, 0.1) is 11.9 Å². The summed E-state index contributed by atoms with van der Waals surface area (Å²) < 4.78 is 1.58. The van der Waals surface area contributed by atoms with E-state index < -0.39 is 0 Å². The molecule has 2 heterocycles. The molecule has 25 heavy (non-hydrogen) atoms. The average molecular weight is 348 g/mol. The Labute approximate surface area is 148 Å². The molecular weight excluding hydrogens is 320 g/mol. The van der Waals surface area contributed by atoms with Gasteiger partial charge in [0.1, 0.15) is 6.54 Å². The molecule has 0 unspecified atom stereocenters. The molecule has 2 atom stereocenters. The molecule has 138 valence electrons. The van der Waals surface area contributed by atoms with Crippen LogP contribution in [-0.4, -0.2) is 70.7 Å². The minimum Gasteiger partial charge on any atom is -0.339 e. The Hall–Kier alpha value is -1.93. The Kier molecular flexibility index (Phi) is 5.70. The molecule has 2 aliphatic rings. The van der Waals surface area contributed by atoms with Crippen LogP contribution >= 0.6 is 0 Å². The van der Waals surface area contributed by atoms with Gasteiger partial charge in [-0.15, -0.1) is 0 Å². The highest BCUT2D eigenvalue weighted by atomic mass is 16.2. The van der Waals surface area contributed by atoms with Crippen molar-refractivity contribution in [2.75, 3.05) is 38.5 Å². The highest BCUT2D eigenvalue weighted by Crippen LogP contribution is 2.27. The fraction of sp³-hybridized carbons (Fsp3) is 0.706. The second-order valence-corrected chi connectivity index (χ2v) is 7.22. The van der Waals surface area contributed by atoms with Crippen molar-refractivity contribution in [3.8, 4) is 0 Å². The van der Waals surface area contributed by atoms with E-state index in [-0.39, 0.29) is 30.3 Å². The summed E-state index contributed by atoms with van der Waals surface area (Å²) >= 11 is 0. The van der Waals surface area contributed by atoms with Crippen molar-refractivity contribution in [1.82, 2.24) is 19.6 Å². The SMILES string of the molecule is CN1CCN(C(=O)Cn2cc(NC(=O)C[C@@H]3CCC[C@H]3N)cn2)CC1. The molecule has 0 bridgehead atoms. The van der Waals surface area contributed by atoms with Gasteiger partial charge in [0, 0.05) is 44.8 Å². The van der Waals surface area contributed by atoms with Crippen LogP contribution in [0.25, 0.3) is 0 Å². The van der Waals surface area contributed by atoms with Crippen LogP contribution in [0.15, 0.2) is 12.4 Å². The normalized spacial score (nSPS) is 24.5. The van der Waals surface area contributed by atoms with E-state index >= 15 is 0 Å². The molecule has 0 spiro atoms. The summed E-state index contributed by atoms with van der Waals surface area (Å²) in [6, 6.07) is 0.134. The van der Waals surface area contributed by atoms with Crippen molar-refractivity contribution < 1.29 is 9.59 Å². The summed E-state index contributed by atoms with van der Waals surface area (Å²) in [7, 11) is 2.06. The second kappa shape index (κ2) is 7.97. The van der Waals surface area contributed by atoms with Crippen molar-refractivity contribution in [2.45, 2.75) is 38.3 Å². The number of piperazine rings is 1. The zero-order valence-electron chi connectivity index (χ0n) is 14.9. The van der Waals surface area contributed by atoms with E-state index in [1.165, 1.54) is 0 Å². The predicted molar refractivity (Wildman–Crippen MR) is 94.9 cm³/mol. The molecule has 1 aromatic rings. The maximum absolute atomic E-state index is 12.3. The third kappa shape index (κ3) is 4.79. The minimum atomic E-state index is -0.0349. The topological polar surface area (TPSA) is 96.5 Å². The fourth-order valence-electron chi connectivity index (χ4n) is 3.58. The van der Waals surface area contributed by atoms with Gasteiger partial charge in [0.15, 0.2) is 0 Å². The number of anilines is 1. The van der Waals surface area contributed by atoms with Gasteiger partial charge in [0.2, 0.25) is 11.8 Å². The zero-order chi connectivity index (χ0) is 17.8. The largest absolute Gasteiger partial charge is 0.339 e. The van der Waals surface area contributed by atoms with Crippen LogP contribution in [0, 0.1) is 5.92 Å². The molecule has 1 saturated heterocycles. The molecule has 3 rings (SSSR count). The van der Waals surface area contributed by atoms with Gasteiger partial charge in [-0.1, -0.05) is 6.42 Å². The van der Waals surface area contributed by atoms with Crippen molar-refractivity contribution in [3.05, 3.63) is 12.4 Å². The highest BCUT2D eigenvalue weighted by Gasteiger charge is 2.26. The van der Waals surface area contributed by atoms with Gasteiger partial charge in [-0.05, 0) is 25.8 Å². The minimum absolute atomic E-state index is 0.0349. The number of nitrogens with zero attached hydrogens (tertiary/aromatic N) is 4. The summed E-state index contributed by atoms with van der Waals surface area (Å²) in [4.78, 5) is 28.5. The molecule has 1 aliphatic carbocycles. The summed E-state index contributed by atoms with van der Waals surface area (Å²) in [5.41, 5.74) is 6.64. The number of likely N-dealkylation sites (N-methyl/N-ethyl adjacent to an activating group) is 1. The molecule has 8 nitrogen and oxygen atoms in total. The Morgan fingerprint density at radius 1 is 1.28 bits per heavy atom. The Bertz CT molecular complexity index is 608. The molecule has 3 N–H and O–H groups in total. The predicted octanol–water partition coefficient (Wildman–Crippen LogP) is 0.113. The lowest BCUT2D eigenvalue weighted by atomic mass is 10.00.